The molecule has 0 spiro atoms. The lowest BCUT2D eigenvalue weighted by molar-refractivity contribution is 0.562. The van der Waals surface area contributed by atoms with Crippen LogP contribution in [0.25, 0.3) is 0 Å². The number of rotatable bonds is 3. The molecule has 0 aromatic carbocycles. The summed E-state index contributed by atoms with van der Waals surface area (Å²) in [5.41, 5.74) is 5.62. The molecule has 1 rings (SSSR count). The van der Waals surface area contributed by atoms with E-state index in [-0.39, 0.29) is 11.5 Å². The molecule has 0 fully saturated rings. The molecule has 0 aliphatic carbocycles. The fourth-order valence-corrected chi connectivity index (χ4v) is 0.885. The maximum Gasteiger partial charge on any atom is 0.252 e. The summed E-state index contributed by atoms with van der Waals surface area (Å²) in [5, 5.41) is 0. The van der Waals surface area contributed by atoms with Gasteiger partial charge in [0.25, 0.3) is 5.56 Å². The maximum atomic E-state index is 10.5. The van der Waals surface area contributed by atoms with Gasteiger partial charge in [0.2, 0.25) is 12.0 Å². The highest BCUT2D eigenvalue weighted by Crippen LogP contribution is 1.86. The molecule has 0 saturated heterocycles. The zero-order valence-electron chi connectivity index (χ0n) is 9.49. The van der Waals surface area contributed by atoms with Gasteiger partial charge in [-0.15, -0.1) is 0 Å². The standard InChI is InChI=1S/C5H7N3O.C5H9NO/c1-3-2-4(9)8-5(6)7-3;1-2-3-4-6-5-7/h2H,1H3,(H3,6,7,8,9);2-4H2,1H3. The van der Waals surface area contributed by atoms with Crippen molar-refractivity contribution in [3.63, 3.8) is 0 Å². The molecule has 88 valence electrons. The average molecular weight is 224 g/mol. The minimum Gasteiger partial charge on any atom is -0.369 e. The molecular weight excluding hydrogens is 208 g/mol. The number of nitrogens with zero attached hydrogens (tertiary/aromatic N) is 2. The van der Waals surface area contributed by atoms with Crippen molar-refractivity contribution in [3.8, 4) is 0 Å². The monoisotopic (exact) mass is 224 g/mol. The van der Waals surface area contributed by atoms with Gasteiger partial charge < -0.3 is 5.73 Å². The molecule has 0 aliphatic rings. The molecule has 3 N–H and O–H groups in total. The smallest absolute Gasteiger partial charge is 0.252 e. The van der Waals surface area contributed by atoms with E-state index in [0.717, 1.165) is 12.8 Å². The van der Waals surface area contributed by atoms with Gasteiger partial charge in [0.1, 0.15) is 0 Å². The molecule has 0 unspecified atom stereocenters. The number of H-pyrrole nitrogens is 1. The van der Waals surface area contributed by atoms with Gasteiger partial charge in [-0.1, -0.05) is 13.3 Å². The summed E-state index contributed by atoms with van der Waals surface area (Å²) in [6.07, 6.45) is 3.56. The molecule has 1 aromatic heterocycles. The Bertz CT molecular complexity index is 384. The maximum absolute atomic E-state index is 10.5. The SMILES string of the molecule is CCCCN=C=O.Cc1cc(=O)[nH]c(N)n1. The Hall–Kier alpha value is -1.94. The normalized spacial score (nSPS) is 8.62. The molecular formula is C10H16N4O2. The van der Waals surface area contributed by atoms with Crippen LogP contribution in [-0.4, -0.2) is 22.6 Å². The van der Waals surface area contributed by atoms with Crippen LogP contribution < -0.4 is 11.3 Å². The fourth-order valence-electron chi connectivity index (χ4n) is 0.885. The highest BCUT2D eigenvalue weighted by atomic mass is 16.1. The molecule has 0 atom stereocenters. The first-order valence-corrected chi connectivity index (χ1v) is 4.97. The van der Waals surface area contributed by atoms with E-state index in [2.05, 4.69) is 21.9 Å². The van der Waals surface area contributed by atoms with Crippen LogP contribution in [0.4, 0.5) is 5.95 Å². The summed E-state index contributed by atoms with van der Waals surface area (Å²) in [6, 6.07) is 1.39. The number of aromatic amines is 1. The largest absolute Gasteiger partial charge is 0.369 e. The second-order valence-electron chi connectivity index (χ2n) is 3.10. The summed E-state index contributed by atoms with van der Waals surface area (Å²) in [5.74, 6) is 0.167. The Morgan fingerprint density at radius 2 is 2.31 bits per heavy atom. The van der Waals surface area contributed by atoms with E-state index in [0.29, 0.717) is 12.2 Å². The van der Waals surface area contributed by atoms with Gasteiger partial charge in [0, 0.05) is 11.8 Å². The van der Waals surface area contributed by atoms with Crippen molar-refractivity contribution < 1.29 is 4.79 Å². The minimum atomic E-state index is -0.208. The Labute approximate surface area is 93.6 Å². The number of aromatic nitrogens is 2. The Morgan fingerprint density at radius 3 is 2.75 bits per heavy atom. The number of anilines is 1. The predicted molar refractivity (Wildman–Crippen MR) is 61.9 cm³/mol. The number of carbonyl (C=O) groups excluding carboxylic acids is 1. The lowest BCUT2D eigenvalue weighted by atomic mass is 10.3. The van der Waals surface area contributed by atoms with Crippen LogP contribution in [0, 0.1) is 6.92 Å². The van der Waals surface area contributed by atoms with Gasteiger partial charge in [-0.2, -0.15) is 0 Å². The summed E-state index contributed by atoms with van der Waals surface area (Å²) in [4.78, 5) is 29.4. The number of hydrogen-bond acceptors (Lipinski definition) is 5. The first kappa shape index (κ1) is 14.1. The van der Waals surface area contributed by atoms with E-state index < -0.39 is 0 Å². The second kappa shape index (κ2) is 8.38. The van der Waals surface area contributed by atoms with Crippen molar-refractivity contribution >= 4 is 12.0 Å². The molecule has 0 aliphatic heterocycles. The zero-order chi connectivity index (χ0) is 12.4. The summed E-state index contributed by atoms with van der Waals surface area (Å²) in [6.45, 7) is 4.41. The van der Waals surface area contributed by atoms with Crippen molar-refractivity contribution in [1.82, 2.24) is 9.97 Å². The van der Waals surface area contributed by atoms with Crippen LogP contribution >= 0.6 is 0 Å². The first-order chi connectivity index (χ1) is 7.60. The van der Waals surface area contributed by atoms with Crippen molar-refractivity contribution in [3.05, 3.63) is 22.1 Å². The number of nitrogens with two attached hydrogens (primary N) is 1. The number of aryl methyl sites for hydroxylation is 1. The van der Waals surface area contributed by atoms with Gasteiger partial charge in [-0.3, -0.25) is 9.78 Å². The number of unbranched alkanes of at least 4 members (excludes halogenated alkanes) is 1. The lowest BCUT2D eigenvalue weighted by Gasteiger charge is -1.90. The molecule has 0 bridgehead atoms. The zero-order valence-corrected chi connectivity index (χ0v) is 9.49. The molecule has 6 nitrogen and oxygen atoms in total. The van der Waals surface area contributed by atoms with E-state index in [1.807, 2.05) is 0 Å². The van der Waals surface area contributed by atoms with Crippen LogP contribution in [0.2, 0.25) is 0 Å². The van der Waals surface area contributed by atoms with Crippen LogP contribution in [0.15, 0.2) is 15.9 Å². The summed E-state index contributed by atoms with van der Waals surface area (Å²) in [7, 11) is 0. The number of hydrogen-bond donors (Lipinski definition) is 2. The molecule has 0 saturated carbocycles. The summed E-state index contributed by atoms with van der Waals surface area (Å²) >= 11 is 0. The van der Waals surface area contributed by atoms with E-state index in [1.54, 1.807) is 6.92 Å². The van der Waals surface area contributed by atoms with E-state index in [4.69, 9.17) is 5.73 Å². The molecule has 1 heterocycles. The Morgan fingerprint density at radius 1 is 1.62 bits per heavy atom. The molecule has 0 radical (unpaired) electrons. The predicted octanol–water partition coefficient (Wildman–Crippen LogP) is 0.783. The molecule has 16 heavy (non-hydrogen) atoms. The third-order valence-corrected chi connectivity index (χ3v) is 1.58. The van der Waals surface area contributed by atoms with Gasteiger partial charge in [-0.25, -0.2) is 14.8 Å². The highest BCUT2D eigenvalue weighted by molar-refractivity contribution is 5.32. The topological polar surface area (TPSA) is 101 Å². The average Bonchev–Trinajstić information content (AvgIpc) is 2.17. The number of nitrogen functional groups attached to an aromatic ring is 1. The number of aliphatic imine (C=N–C) groups is 1. The van der Waals surface area contributed by atoms with E-state index >= 15 is 0 Å². The third kappa shape index (κ3) is 7.46. The van der Waals surface area contributed by atoms with Gasteiger partial charge in [0.05, 0.1) is 6.54 Å². The first-order valence-electron chi connectivity index (χ1n) is 4.97. The van der Waals surface area contributed by atoms with Crippen LogP contribution in [0.5, 0.6) is 0 Å². The van der Waals surface area contributed by atoms with Gasteiger partial charge in [0.15, 0.2) is 0 Å². The van der Waals surface area contributed by atoms with Gasteiger partial charge in [-0.05, 0) is 13.3 Å². The van der Waals surface area contributed by atoms with Gasteiger partial charge >= 0.3 is 0 Å². The van der Waals surface area contributed by atoms with E-state index in [9.17, 15) is 9.59 Å². The molecule has 0 amide bonds. The van der Waals surface area contributed by atoms with Crippen molar-refractivity contribution in [2.75, 3.05) is 12.3 Å². The third-order valence-electron chi connectivity index (χ3n) is 1.58. The van der Waals surface area contributed by atoms with Crippen LogP contribution in [0.1, 0.15) is 25.5 Å². The summed E-state index contributed by atoms with van der Waals surface area (Å²) < 4.78 is 0. The van der Waals surface area contributed by atoms with Crippen LogP contribution in [-0.2, 0) is 4.79 Å². The number of isocyanates is 1. The van der Waals surface area contributed by atoms with Crippen molar-refractivity contribution in [2.24, 2.45) is 4.99 Å². The second-order valence-corrected chi connectivity index (χ2v) is 3.10. The quantitative estimate of drug-likeness (QED) is 0.450. The minimum absolute atomic E-state index is 0.167. The van der Waals surface area contributed by atoms with Crippen LogP contribution in [0.3, 0.4) is 0 Å². The fraction of sp³-hybridized carbons (Fsp3) is 0.500. The lowest BCUT2D eigenvalue weighted by Crippen LogP contribution is -2.09. The Balaban J connectivity index is 0.000000293. The molecule has 6 heteroatoms. The molecule has 1 aromatic rings. The Kier molecular flexibility index (Phi) is 7.36. The van der Waals surface area contributed by atoms with Crippen molar-refractivity contribution in [2.45, 2.75) is 26.7 Å². The van der Waals surface area contributed by atoms with Crippen molar-refractivity contribution in [1.29, 1.82) is 0 Å². The van der Waals surface area contributed by atoms with E-state index in [1.165, 1.54) is 12.1 Å². The number of nitrogens with one attached hydrogen (secondary N) is 1. The highest BCUT2D eigenvalue weighted by Gasteiger charge is 1.89.